The monoisotopic (exact) mass is 276 g/mol. The average Bonchev–Trinajstić information content (AvgIpc) is 2.95. The lowest BCUT2D eigenvalue weighted by Crippen LogP contribution is -2.08. The van der Waals surface area contributed by atoms with Crippen LogP contribution in [0.3, 0.4) is 0 Å². The zero-order valence-corrected chi connectivity index (χ0v) is 11.7. The summed E-state index contributed by atoms with van der Waals surface area (Å²) < 4.78 is 5.53. The van der Waals surface area contributed by atoms with Gasteiger partial charge < -0.3 is 5.32 Å². The predicted octanol–water partition coefficient (Wildman–Crippen LogP) is 3.64. The first-order chi connectivity index (χ1) is 8.72. The van der Waals surface area contributed by atoms with E-state index >= 15 is 0 Å². The minimum Gasteiger partial charge on any atom is -0.358 e. The van der Waals surface area contributed by atoms with Crippen molar-refractivity contribution in [3.63, 3.8) is 0 Å². The molecule has 0 atom stereocenters. The number of hydrogen-bond acceptors (Lipinski definition) is 6. The Bertz CT molecular complexity index is 671. The number of anilines is 1. The maximum Gasteiger partial charge on any atom is 0.203 e. The summed E-state index contributed by atoms with van der Waals surface area (Å²) in [7, 11) is 0. The molecule has 6 heteroatoms. The summed E-state index contributed by atoms with van der Waals surface area (Å²) >= 11 is 3.07. The van der Waals surface area contributed by atoms with Crippen LogP contribution in [-0.4, -0.2) is 20.4 Å². The quantitative estimate of drug-likeness (QED) is 0.793. The second-order valence-electron chi connectivity index (χ2n) is 4.25. The Morgan fingerprint density at radius 1 is 1.33 bits per heavy atom. The second kappa shape index (κ2) is 4.62. The molecule has 0 saturated heterocycles. The predicted molar refractivity (Wildman–Crippen MR) is 77.3 cm³/mol. The molecule has 1 N–H and O–H groups in total. The van der Waals surface area contributed by atoms with E-state index in [-0.39, 0.29) is 0 Å². The fraction of sp³-hybridized carbons (Fsp3) is 0.250. The van der Waals surface area contributed by atoms with Crippen LogP contribution < -0.4 is 5.32 Å². The lowest BCUT2D eigenvalue weighted by Gasteiger charge is -2.03. The Labute approximate surface area is 113 Å². The van der Waals surface area contributed by atoms with E-state index in [1.807, 2.05) is 17.6 Å². The molecule has 3 aromatic rings. The number of fused-ring (bicyclic) bond motifs is 1. The SMILES string of the molecule is CC(C)Nc1nc(-c2cnc3ccsc3c2)ns1. The smallest absolute Gasteiger partial charge is 0.203 e. The van der Waals surface area contributed by atoms with Gasteiger partial charge in [0.05, 0.1) is 10.2 Å². The average molecular weight is 276 g/mol. The molecule has 0 aromatic carbocycles. The first-order valence-corrected chi connectivity index (χ1v) is 7.31. The number of nitrogens with one attached hydrogen (secondary N) is 1. The minimum atomic E-state index is 0.365. The summed E-state index contributed by atoms with van der Waals surface area (Å²) in [5, 5.41) is 6.15. The molecule has 0 spiro atoms. The molecule has 0 fully saturated rings. The summed E-state index contributed by atoms with van der Waals surface area (Å²) in [6.45, 7) is 4.17. The second-order valence-corrected chi connectivity index (χ2v) is 5.95. The third-order valence-corrected chi connectivity index (χ3v) is 3.90. The summed E-state index contributed by atoms with van der Waals surface area (Å²) in [4.78, 5) is 8.88. The van der Waals surface area contributed by atoms with Crippen LogP contribution in [0.1, 0.15) is 13.8 Å². The van der Waals surface area contributed by atoms with Gasteiger partial charge >= 0.3 is 0 Å². The fourth-order valence-corrected chi connectivity index (χ4v) is 3.13. The van der Waals surface area contributed by atoms with E-state index in [1.165, 1.54) is 16.2 Å². The molecule has 3 rings (SSSR count). The van der Waals surface area contributed by atoms with Gasteiger partial charge in [0.15, 0.2) is 5.82 Å². The molecule has 0 aliphatic heterocycles. The molecule has 18 heavy (non-hydrogen) atoms. The Morgan fingerprint density at radius 2 is 2.22 bits per heavy atom. The van der Waals surface area contributed by atoms with Gasteiger partial charge in [0.25, 0.3) is 0 Å². The van der Waals surface area contributed by atoms with E-state index in [9.17, 15) is 0 Å². The molecule has 0 bridgehead atoms. The molecular weight excluding hydrogens is 264 g/mol. The molecule has 0 aliphatic carbocycles. The van der Waals surface area contributed by atoms with Crippen LogP contribution in [0, 0.1) is 0 Å². The van der Waals surface area contributed by atoms with Crippen molar-refractivity contribution in [1.82, 2.24) is 14.3 Å². The van der Waals surface area contributed by atoms with Crippen LogP contribution >= 0.6 is 22.9 Å². The normalized spacial score (nSPS) is 11.3. The molecule has 0 radical (unpaired) electrons. The first kappa shape index (κ1) is 11.6. The van der Waals surface area contributed by atoms with E-state index in [2.05, 4.69) is 39.6 Å². The van der Waals surface area contributed by atoms with E-state index in [0.717, 1.165) is 22.0 Å². The van der Waals surface area contributed by atoms with Gasteiger partial charge in [-0.3, -0.25) is 4.98 Å². The highest BCUT2D eigenvalue weighted by Gasteiger charge is 2.08. The highest BCUT2D eigenvalue weighted by Crippen LogP contribution is 2.26. The number of rotatable bonds is 3. The molecule has 92 valence electrons. The third kappa shape index (κ3) is 2.21. The summed E-state index contributed by atoms with van der Waals surface area (Å²) in [6, 6.07) is 4.47. The van der Waals surface area contributed by atoms with Crippen molar-refractivity contribution in [2.45, 2.75) is 19.9 Å². The van der Waals surface area contributed by atoms with E-state index in [1.54, 1.807) is 11.3 Å². The van der Waals surface area contributed by atoms with Crippen molar-refractivity contribution in [3.8, 4) is 11.4 Å². The van der Waals surface area contributed by atoms with Gasteiger partial charge in [-0.2, -0.15) is 9.36 Å². The van der Waals surface area contributed by atoms with Crippen LogP contribution in [0.5, 0.6) is 0 Å². The van der Waals surface area contributed by atoms with Crippen molar-refractivity contribution in [2.24, 2.45) is 0 Å². The highest BCUT2D eigenvalue weighted by atomic mass is 32.1. The molecule has 3 heterocycles. The molecule has 0 saturated carbocycles. The van der Waals surface area contributed by atoms with Crippen LogP contribution in [0.15, 0.2) is 23.7 Å². The van der Waals surface area contributed by atoms with Gasteiger partial charge in [-0.1, -0.05) is 0 Å². The summed E-state index contributed by atoms with van der Waals surface area (Å²) in [5.41, 5.74) is 2.00. The largest absolute Gasteiger partial charge is 0.358 e. The molecule has 0 amide bonds. The number of nitrogens with zero attached hydrogens (tertiary/aromatic N) is 3. The Kier molecular flexibility index (Phi) is 2.97. The zero-order chi connectivity index (χ0) is 12.5. The minimum absolute atomic E-state index is 0.365. The lowest BCUT2D eigenvalue weighted by atomic mass is 10.2. The Morgan fingerprint density at radius 3 is 3.06 bits per heavy atom. The first-order valence-electron chi connectivity index (χ1n) is 5.66. The fourth-order valence-electron chi connectivity index (χ4n) is 1.62. The van der Waals surface area contributed by atoms with Crippen molar-refractivity contribution in [3.05, 3.63) is 23.7 Å². The van der Waals surface area contributed by atoms with E-state index in [0.29, 0.717) is 6.04 Å². The van der Waals surface area contributed by atoms with Crippen LogP contribution in [0.2, 0.25) is 0 Å². The van der Waals surface area contributed by atoms with Crippen LogP contribution in [0.4, 0.5) is 5.13 Å². The van der Waals surface area contributed by atoms with Gasteiger partial charge in [0.1, 0.15) is 0 Å². The van der Waals surface area contributed by atoms with Crippen molar-refractivity contribution in [1.29, 1.82) is 0 Å². The van der Waals surface area contributed by atoms with Crippen molar-refractivity contribution >= 4 is 38.2 Å². The topological polar surface area (TPSA) is 50.7 Å². The number of pyridine rings is 1. The molecule has 4 nitrogen and oxygen atoms in total. The van der Waals surface area contributed by atoms with Gasteiger partial charge in [0.2, 0.25) is 5.13 Å². The van der Waals surface area contributed by atoms with Crippen molar-refractivity contribution < 1.29 is 0 Å². The van der Waals surface area contributed by atoms with Gasteiger partial charge in [-0.05, 0) is 31.4 Å². The van der Waals surface area contributed by atoms with Gasteiger partial charge in [0, 0.05) is 29.3 Å². The Balaban J connectivity index is 1.95. The van der Waals surface area contributed by atoms with Crippen LogP contribution in [0.25, 0.3) is 21.6 Å². The van der Waals surface area contributed by atoms with Gasteiger partial charge in [-0.25, -0.2) is 0 Å². The van der Waals surface area contributed by atoms with Gasteiger partial charge in [-0.15, -0.1) is 11.3 Å². The molecular formula is C12H12N4S2. The molecule has 0 aliphatic rings. The summed E-state index contributed by atoms with van der Waals surface area (Å²) in [5.74, 6) is 0.742. The standard InChI is InChI=1S/C12H12N4S2/c1-7(2)14-12-15-11(16-18-12)8-5-10-9(13-6-8)3-4-17-10/h3-7H,1-2H3,(H,14,15,16). The number of aromatic nitrogens is 3. The maximum absolute atomic E-state index is 4.47. The molecule has 3 aromatic heterocycles. The molecule has 0 unspecified atom stereocenters. The van der Waals surface area contributed by atoms with E-state index < -0.39 is 0 Å². The van der Waals surface area contributed by atoms with E-state index in [4.69, 9.17) is 0 Å². The zero-order valence-electron chi connectivity index (χ0n) is 10.0. The van der Waals surface area contributed by atoms with Crippen molar-refractivity contribution in [2.75, 3.05) is 5.32 Å². The maximum atomic E-state index is 4.47. The number of hydrogen-bond donors (Lipinski definition) is 1. The lowest BCUT2D eigenvalue weighted by molar-refractivity contribution is 0.896. The number of thiophene rings is 1. The Hall–Kier alpha value is -1.53. The van der Waals surface area contributed by atoms with Crippen LogP contribution in [-0.2, 0) is 0 Å². The highest BCUT2D eigenvalue weighted by molar-refractivity contribution is 7.17. The summed E-state index contributed by atoms with van der Waals surface area (Å²) in [6.07, 6.45) is 1.83. The third-order valence-electron chi connectivity index (χ3n) is 2.40.